The van der Waals surface area contributed by atoms with E-state index in [4.69, 9.17) is 0 Å². The molecule has 15 heavy (non-hydrogen) atoms. The van der Waals surface area contributed by atoms with Crippen molar-refractivity contribution in [1.82, 2.24) is 4.98 Å². The van der Waals surface area contributed by atoms with Crippen molar-refractivity contribution in [2.45, 2.75) is 52.0 Å². The first-order chi connectivity index (χ1) is 7.36. The molecule has 0 aromatic carbocycles. The molecule has 84 valence electrons. The van der Waals surface area contributed by atoms with Gasteiger partial charge in [0.1, 0.15) is 5.82 Å². The Morgan fingerprint density at radius 1 is 1.20 bits per heavy atom. The zero-order valence-corrected chi connectivity index (χ0v) is 9.87. The molecule has 0 saturated heterocycles. The molecular weight excluding hydrogens is 184 g/mol. The number of pyridine rings is 1. The number of anilines is 1. The summed E-state index contributed by atoms with van der Waals surface area (Å²) in [5.74, 6) is 1.01. The normalized spacial score (nSPS) is 12.4. The van der Waals surface area contributed by atoms with Gasteiger partial charge in [0, 0.05) is 12.2 Å². The average Bonchev–Trinajstić information content (AvgIpc) is 2.28. The molecule has 0 bridgehead atoms. The molecule has 2 heteroatoms. The molecule has 0 spiro atoms. The lowest BCUT2D eigenvalue weighted by molar-refractivity contribution is 0.563. The maximum Gasteiger partial charge on any atom is 0.126 e. The van der Waals surface area contributed by atoms with Crippen molar-refractivity contribution in [2.75, 3.05) is 5.32 Å². The molecule has 2 nitrogen and oxygen atoms in total. The lowest BCUT2D eigenvalue weighted by Crippen LogP contribution is -2.19. The number of rotatable bonds is 7. The van der Waals surface area contributed by atoms with Gasteiger partial charge in [0.25, 0.3) is 0 Å². The smallest absolute Gasteiger partial charge is 0.126 e. The Labute approximate surface area is 93.1 Å². The summed E-state index contributed by atoms with van der Waals surface area (Å²) in [5, 5.41) is 3.50. The largest absolute Gasteiger partial charge is 0.367 e. The Hall–Kier alpha value is -1.05. The van der Waals surface area contributed by atoms with E-state index in [1.165, 1.54) is 32.1 Å². The van der Waals surface area contributed by atoms with E-state index in [0.29, 0.717) is 6.04 Å². The van der Waals surface area contributed by atoms with E-state index in [0.717, 1.165) is 5.82 Å². The Balaban J connectivity index is 2.43. The Morgan fingerprint density at radius 3 is 2.67 bits per heavy atom. The van der Waals surface area contributed by atoms with Crippen molar-refractivity contribution in [3.8, 4) is 0 Å². The standard InChI is InChI=1S/C13H22N2/c1-3-5-9-12(8-4-2)15-13-10-6-7-11-14-13/h6-7,10-12H,3-5,8-9H2,1-2H3,(H,14,15). The Morgan fingerprint density at radius 2 is 2.07 bits per heavy atom. The van der Waals surface area contributed by atoms with Crippen molar-refractivity contribution in [1.29, 1.82) is 0 Å². The highest BCUT2D eigenvalue weighted by molar-refractivity contribution is 5.34. The minimum atomic E-state index is 0.588. The van der Waals surface area contributed by atoms with E-state index in [9.17, 15) is 0 Å². The highest BCUT2D eigenvalue weighted by atomic mass is 15.0. The summed E-state index contributed by atoms with van der Waals surface area (Å²) in [6, 6.07) is 6.60. The van der Waals surface area contributed by atoms with Crippen LogP contribution in [0.4, 0.5) is 5.82 Å². The summed E-state index contributed by atoms with van der Waals surface area (Å²) in [6.45, 7) is 4.48. The van der Waals surface area contributed by atoms with Gasteiger partial charge in [0.2, 0.25) is 0 Å². The van der Waals surface area contributed by atoms with Gasteiger partial charge >= 0.3 is 0 Å². The van der Waals surface area contributed by atoms with E-state index in [1.54, 1.807) is 0 Å². The first-order valence-corrected chi connectivity index (χ1v) is 6.04. The molecule has 0 aliphatic carbocycles. The number of unbranched alkanes of at least 4 members (excludes halogenated alkanes) is 1. The van der Waals surface area contributed by atoms with Crippen LogP contribution in [0, 0.1) is 0 Å². The Kier molecular flexibility index (Phi) is 5.83. The van der Waals surface area contributed by atoms with Crippen LogP contribution in [-0.2, 0) is 0 Å². The molecule has 1 unspecified atom stereocenters. The van der Waals surface area contributed by atoms with Gasteiger partial charge in [-0.3, -0.25) is 0 Å². The lowest BCUT2D eigenvalue weighted by Gasteiger charge is -2.18. The highest BCUT2D eigenvalue weighted by Gasteiger charge is 2.06. The fourth-order valence-corrected chi connectivity index (χ4v) is 1.74. The van der Waals surface area contributed by atoms with Crippen molar-refractivity contribution in [3.05, 3.63) is 24.4 Å². The van der Waals surface area contributed by atoms with Gasteiger partial charge in [0.05, 0.1) is 0 Å². The molecule has 0 saturated carbocycles. The molecule has 1 atom stereocenters. The van der Waals surface area contributed by atoms with Gasteiger partial charge in [-0.1, -0.05) is 39.2 Å². The predicted octanol–water partition coefficient (Wildman–Crippen LogP) is 3.85. The van der Waals surface area contributed by atoms with Crippen LogP contribution >= 0.6 is 0 Å². The molecule has 0 aliphatic rings. The third-order valence-electron chi connectivity index (χ3n) is 2.56. The van der Waals surface area contributed by atoms with Crippen molar-refractivity contribution >= 4 is 5.82 Å². The molecule has 1 rings (SSSR count). The second-order valence-electron chi connectivity index (χ2n) is 3.99. The minimum absolute atomic E-state index is 0.588. The summed E-state index contributed by atoms with van der Waals surface area (Å²) >= 11 is 0. The molecule has 0 radical (unpaired) electrons. The van der Waals surface area contributed by atoms with Gasteiger partial charge < -0.3 is 5.32 Å². The molecular formula is C13H22N2. The first kappa shape index (κ1) is 12.0. The maximum atomic E-state index is 4.30. The van der Waals surface area contributed by atoms with Crippen LogP contribution < -0.4 is 5.32 Å². The molecule has 1 aromatic rings. The van der Waals surface area contributed by atoms with Crippen LogP contribution in [0.1, 0.15) is 46.0 Å². The molecule has 0 fully saturated rings. The fourth-order valence-electron chi connectivity index (χ4n) is 1.74. The summed E-state index contributed by atoms with van der Waals surface area (Å²) in [4.78, 5) is 4.30. The third kappa shape index (κ3) is 4.82. The van der Waals surface area contributed by atoms with E-state index in [1.807, 2.05) is 24.4 Å². The van der Waals surface area contributed by atoms with E-state index < -0.39 is 0 Å². The first-order valence-electron chi connectivity index (χ1n) is 6.04. The SMILES string of the molecule is CCCCC(CCC)Nc1ccccn1. The van der Waals surface area contributed by atoms with E-state index in [-0.39, 0.29) is 0 Å². The monoisotopic (exact) mass is 206 g/mol. The van der Waals surface area contributed by atoms with Crippen molar-refractivity contribution in [2.24, 2.45) is 0 Å². The average molecular weight is 206 g/mol. The van der Waals surface area contributed by atoms with Crippen molar-refractivity contribution < 1.29 is 0 Å². The lowest BCUT2D eigenvalue weighted by atomic mass is 10.1. The third-order valence-corrected chi connectivity index (χ3v) is 2.56. The second kappa shape index (κ2) is 7.27. The van der Waals surface area contributed by atoms with Crippen LogP contribution in [0.25, 0.3) is 0 Å². The van der Waals surface area contributed by atoms with Gasteiger partial charge in [0.15, 0.2) is 0 Å². The molecule has 0 amide bonds. The summed E-state index contributed by atoms with van der Waals surface area (Å²) < 4.78 is 0. The molecule has 1 N–H and O–H groups in total. The summed E-state index contributed by atoms with van der Waals surface area (Å²) in [7, 11) is 0. The predicted molar refractivity (Wildman–Crippen MR) is 66.1 cm³/mol. The van der Waals surface area contributed by atoms with Crippen LogP contribution in [0.2, 0.25) is 0 Å². The topological polar surface area (TPSA) is 24.9 Å². The van der Waals surface area contributed by atoms with Crippen LogP contribution in [0.5, 0.6) is 0 Å². The van der Waals surface area contributed by atoms with Gasteiger partial charge in [-0.2, -0.15) is 0 Å². The molecule has 1 aromatic heterocycles. The number of hydrogen-bond acceptors (Lipinski definition) is 2. The molecule has 1 heterocycles. The zero-order valence-electron chi connectivity index (χ0n) is 9.87. The minimum Gasteiger partial charge on any atom is -0.367 e. The second-order valence-corrected chi connectivity index (χ2v) is 3.99. The fraction of sp³-hybridized carbons (Fsp3) is 0.615. The Bertz CT molecular complexity index is 246. The van der Waals surface area contributed by atoms with Crippen LogP contribution in [0.3, 0.4) is 0 Å². The summed E-state index contributed by atoms with van der Waals surface area (Å²) in [5.41, 5.74) is 0. The van der Waals surface area contributed by atoms with Gasteiger partial charge in [-0.05, 0) is 25.0 Å². The highest BCUT2D eigenvalue weighted by Crippen LogP contribution is 2.12. The maximum absolute atomic E-state index is 4.30. The number of aromatic nitrogens is 1. The number of nitrogens with one attached hydrogen (secondary N) is 1. The van der Waals surface area contributed by atoms with Crippen LogP contribution in [0.15, 0.2) is 24.4 Å². The van der Waals surface area contributed by atoms with Crippen LogP contribution in [-0.4, -0.2) is 11.0 Å². The summed E-state index contributed by atoms with van der Waals surface area (Å²) in [6.07, 6.45) is 8.12. The van der Waals surface area contributed by atoms with Gasteiger partial charge in [-0.15, -0.1) is 0 Å². The van der Waals surface area contributed by atoms with E-state index in [2.05, 4.69) is 24.1 Å². The van der Waals surface area contributed by atoms with Crippen molar-refractivity contribution in [3.63, 3.8) is 0 Å². The number of hydrogen-bond donors (Lipinski definition) is 1. The van der Waals surface area contributed by atoms with E-state index >= 15 is 0 Å². The van der Waals surface area contributed by atoms with Gasteiger partial charge in [-0.25, -0.2) is 4.98 Å². The number of nitrogens with zero attached hydrogens (tertiary/aromatic N) is 1. The quantitative estimate of drug-likeness (QED) is 0.733. The zero-order chi connectivity index (χ0) is 10.9. The molecule has 0 aliphatic heterocycles.